The number of hydrogen-bond acceptors (Lipinski definition) is 2. The number of rotatable bonds is 6. The van der Waals surface area contributed by atoms with Gasteiger partial charge in [-0.15, -0.1) is 0 Å². The van der Waals surface area contributed by atoms with E-state index in [1.54, 1.807) is 0 Å². The first-order valence-corrected chi connectivity index (χ1v) is 5.28. The fraction of sp³-hybridized carbons (Fsp3) is 1.00. The predicted octanol–water partition coefficient (Wildman–Crippen LogP) is 2.13. The molecule has 2 heteroatoms. The molecule has 0 fully saturated rings. The Hall–Kier alpha value is -0.0800. The minimum absolute atomic E-state index is 0.0272. The van der Waals surface area contributed by atoms with E-state index in [9.17, 15) is 0 Å². The molecule has 0 aliphatic rings. The maximum Gasteiger partial charge on any atom is 0.0494 e. The SMILES string of the molecule is CCCN(CC(C)(C)CO)C(C)C. The minimum atomic E-state index is 0.0272. The summed E-state index contributed by atoms with van der Waals surface area (Å²) in [6.45, 7) is 13.2. The van der Waals surface area contributed by atoms with Crippen molar-refractivity contribution in [2.45, 2.75) is 47.1 Å². The summed E-state index contributed by atoms with van der Waals surface area (Å²) >= 11 is 0. The smallest absolute Gasteiger partial charge is 0.0494 e. The molecule has 0 unspecified atom stereocenters. The fourth-order valence-corrected chi connectivity index (χ4v) is 1.41. The van der Waals surface area contributed by atoms with Gasteiger partial charge in [0, 0.05) is 24.6 Å². The van der Waals surface area contributed by atoms with Gasteiger partial charge in [0.25, 0.3) is 0 Å². The molecule has 0 radical (unpaired) electrons. The molecule has 0 atom stereocenters. The fourth-order valence-electron chi connectivity index (χ4n) is 1.41. The molecular weight excluding hydrogens is 162 g/mol. The molecule has 1 N–H and O–H groups in total. The molecule has 0 saturated carbocycles. The van der Waals surface area contributed by atoms with E-state index >= 15 is 0 Å². The van der Waals surface area contributed by atoms with E-state index in [0.717, 1.165) is 13.1 Å². The molecule has 0 saturated heterocycles. The third-order valence-corrected chi connectivity index (χ3v) is 2.30. The maximum absolute atomic E-state index is 9.17. The first-order valence-electron chi connectivity index (χ1n) is 5.28. The lowest BCUT2D eigenvalue weighted by Gasteiger charge is -2.33. The van der Waals surface area contributed by atoms with Crippen molar-refractivity contribution in [3.05, 3.63) is 0 Å². The molecule has 0 aliphatic heterocycles. The molecule has 0 aromatic rings. The van der Waals surface area contributed by atoms with Crippen molar-refractivity contribution in [1.82, 2.24) is 4.90 Å². The van der Waals surface area contributed by atoms with Crippen LogP contribution in [0.1, 0.15) is 41.0 Å². The number of hydrogen-bond donors (Lipinski definition) is 1. The molecule has 0 rings (SSSR count). The third kappa shape index (κ3) is 5.27. The molecule has 2 nitrogen and oxygen atoms in total. The van der Waals surface area contributed by atoms with E-state index < -0.39 is 0 Å². The maximum atomic E-state index is 9.17. The standard InChI is InChI=1S/C11H25NO/c1-6-7-12(10(2)3)8-11(4,5)9-13/h10,13H,6-9H2,1-5H3. The van der Waals surface area contributed by atoms with Gasteiger partial charge < -0.3 is 10.0 Å². The minimum Gasteiger partial charge on any atom is -0.396 e. The highest BCUT2D eigenvalue weighted by Gasteiger charge is 2.21. The Kier molecular flexibility index (Phi) is 5.57. The Morgan fingerprint density at radius 1 is 1.31 bits per heavy atom. The van der Waals surface area contributed by atoms with Gasteiger partial charge in [-0.2, -0.15) is 0 Å². The summed E-state index contributed by atoms with van der Waals surface area (Å²) in [5.41, 5.74) is 0.0272. The van der Waals surface area contributed by atoms with Crippen LogP contribution < -0.4 is 0 Å². The van der Waals surface area contributed by atoms with E-state index in [0.29, 0.717) is 6.04 Å². The van der Waals surface area contributed by atoms with Crippen molar-refractivity contribution in [3.63, 3.8) is 0 Å². The van der Waals surface area contributed by atoms with E-state index in [-0.39, 0.29) is 12.0 Å². The van der Waals surface area contributed by atoms with Crippen LogP contribution in [0.15, 0.2) is 0 Å². The van der Waals surface area contributed by atoms with Gasteiger partial charge in [0.15, 0.2) is 0 Å². The van der Waals surface area contributed by atoms with Crippen LogP contribution in [0, 0.1) is 5.41 Å². The summed E-state index contributed by atoms with van der Waals surface area (Å²) in [4.78, 5) is 2.43. The Morgan fingerprint density at radius 2 is 1.85 bits per heavy atom. The van der Waals surface area contributed by atoms with Gasteiger partial charge in [0.2, 0.25) is 0 Å². The normalized spacial score (nSPS) is 12.9. The molecule has 0 aromatic heterocycles. The van der Waals surface area contributed by atoms with Crippen LogP contribution in [-0.4, -0.2) is 35.7 Å². The topological polar surface area (TPSA) is 23.5 Å². The van der Waals surface area contributed by atoms with Crippen molar-refractivity contribution in [2.24, 2.45) is 5.41 Å². The second-order valence-electron chi connectivity index (χ2n) is 4.89. The summed E-state index contributed by atoms with van der Waals surface area (Å²) in [7, 11) is 0. The Bertz CT molecular complexity index is 132. The van der Waals surface area contributed by atoms with Crippen LogP contribution in [0.25, 0.3) is 0 Å². The highest BCUT2D eigenvalue weighted by atomic mass is 16.3. The molecular formula is C11H25NO. The van der Waals surface area contributed by atoms with Crippen LogP contribution >= 0.6 is 0 Å². The van der Waals surface area contributed by atoms with Crippen molar-refractivity contribution in [2.75, 3.05) is 19.7 Å². The quantitative estimate of drug-likeness (QED) is 0.688. The van der Waals surface area contributed by atoms with Crippen LogP contribution in [-0.2, 0) is 0 Å². The van der Waals surface area contributed by atoms with E-state index in [1.165, 1.54) is 6.42 Å². The number of aliphatic hydroxyl groups excluding tert-OH is 1. The summed E-state index contributed by atoms with van der Waals surface area (Å²) < 4.78 is 0. The third-order valence-electron chi connectivity index (χ3n) is 2.30. The van der Waals surface area contributed by atoms with Crippen LogP contribution in [0.5, 0.6) is 0 Å². The zero-order valence-corrected chi connectivity index (χ0v) is 9.80. The zero-order chi connectivity index (χ0) is 10.5. The van der Waals surface area contributed by atoms with E-state index in [1.807, 2.05) is 0 Å². The largest absolute Gasteiger partial charge is 0.396 e. The molecule has 0 heterocycles. The zero-order valence-electron chi connectivity index (χ0n) is 9.80. The first-order chi connectivity index (χ1) is 5.93. The molecule has 0 amide bonds. The van der Waals surface area contributed by atoms with Crippen molar-refractivity contribution >= 4 is 0 Å². The summed E-state index contributed by atoms with van der Waals surface area (Å²) in [6.07, 6.45) is 1.18. The highest BCUT2D eigenvalue weighted by molar-refractivity contribution is 4.74. The van der Waals surface area contributed by atoms with Gasteiger partial charge >= 0.3 is 0 Å². The molecule has 0 bridgehead atoms. The van der Waals surface area contributed by atoms with Gasteiger partial charge in [-0.05, 0) is 26.8 Å². The molecule has 0 aromatic carbocycles. The molecule has 0 aliphatic carbocycles. The van der Waals surface area contributed by atoms with Crippen molar-refractivity contribution in [3.8, 4) is 0 Å². The van der Waals surface area contributed by atoms with E-state index in [2.05, 4.69) is 39.5 Å². The second-order valence-corrected chi connectivity index (χ2v) is 4.89. The van der Waals surface area contributed by atoms with Gasteiger partial charge in [0.05, 0.1) is 0 Å². The van der Waals surface area contributed by atoms with Crippen molar-refractivity contribution in [1.29, 1.82) is 0 Å². The Morgan fingerprint density at radius 3 is 2.15 bits per heavy atom. The summed E-state index contributed by atoms with van der Waals surface area (Å²) in [5, 5.41) is 9.17. The monoisotopic (exact) mass is 187 g/mol. The average molecular weight is 187 g/mol. The molecule has 13 heavy (non-hydrogen) atoms. The lowest BCUT2D eigenvalue weighted by molar-refractivity contribution is 0.0868. The van der Waals surface area contributed by atoms with Crippen LogP contribution in [0.2, 0.25) is 0 Å². The number of aliphatic hydroxyl groups is 1. The Labute approximate surface area is 82.9 Å². The summed E-state index contributed by atoms with van der Waals surface area (Å²) in [5.74, 6) is 0. The molecule has 0 spiro atoms. The average Bonchev–Trinajstić information content (AvgIpc) is 2.03. The summed E-state index contributed by atoms with van der Waals surface area (Å²) in [6, 6.07) is 0.575. The molecule has 80 valence electrons. The van der Waals surface area contributed by atoms with Gasteiger partial charge in [0.1, 0.15) is 0 Å². The number of nitrogens with zero attached hydrogens (tertiary/aromatic N) is 1. The lowest BCUT2D eigenvalue weighted by Crippen LogP contribution is -2.40. The highest BCUT2D eigenvalue weighted by Crippen LogP contribution is 2.17. The van der Waals surface area contributed by atoms with Gasteiger partial charge in [-0.1, -0.05) is 20.8 Å². The first kappa shape index (κ1) is 12.9. The van der Waals surface area contributed by atoms with Crippen molar-refractivity contribution < 1.29 is 5.11 Å². The lowest BCUT2D eigenvalue weighted by atomic mass is 9.93. The van der Waals surface area contributed by atoms with E-state index in [4.69, 9.17) is 5.11 Å². The predicted molar refractivity (Wildman–Crippen MR) is 57.9 cm³/mol. The van der Waals surface area contributed by atoms with Gasteiger partial charge in [-0.3, -0.25) is 0 Å². The Balaban J connectivity index is 4.08. The van der Waals surface area contributed by atoms with Crippen LogP contribution in [0.4, 0.5) is 0 Å². The second kappa shape index (κ2) is 5.61. The van der Waals surface area contributed by atoms with Gasteiger partial charge in [-0.25, -0.2) is 0 Å². The van der Waals surface area contributed by atoms with Crippen LogP contribution in [0.3, 0.4) is 0 Å².